The van der Waals surface area contributed by atoms with Crippen molar-refractivity contribution in [2.24, 2.45) is 0 Å². The number of anilines is 1. The Kier molecular flexibility index (Phi) is 9.65. The third-order valence-corrected chi connectivity index (χ3v) is 5.25. The molecule has 0 unspecified atom stereocenters. The number of hydrogen-bond donors (Lipinski definition) is 2. The summed E-state index contributed by atoms with van der Waals surface area (Å²) in [7, 11) is 0. The van der Waals surface area contributed by atoms with Crippen LogP contribution in [0.15, 0.2) is 18.3 Å². The molecule has 0 radical (unpaired) electrons. The normalized spacial score (nSPS) is 13.4. The molecule has 31 heavy (non-hydrogen) atoms. The number of nitrogens with zero attached hydrogens (tertiary/aromatic N) is 4. The van der Waals surface area contributed by atoms with E-state index >= 15 is 0 Å². The Balaban J connectivity index is 0.000000318. The molecule has 0 spiro atoms. The number of aromatic nitrogens is 4. The van der Waals surface area contributed by atoms with Gasteiger partial charge in [0.2, 0.25) is 5.95 Å². The predicted molar refractivity (Wildman–Crippen MR) is 126 cm³/mol. The van der Waals surface area contributed by atoms with Gasteiger partial charge in [-0.25, -0.2) is 19.3 Å². The Hall–Kier alpha value is -2.25. The topological polar surface area (TPSA) is 89.8 Å². The number of benzene rings is 1. The lowest BCUT2D eigenvalue weighted by molar-refractivity contribution is 0.318. The molecule has 1 aromatic carbocycles. The van der Waals surface area contributed by atoms with E-state index in [0.29, 0.717) is 27.3 Å². The Morgan fingerprint density at radius 2 is 1.68 bits per heavy atom. The maximum Gasteiger partial charge on any atom is 0.220 e. The Bertz CT molecular complexity index is 974. The van der Waals surface area contributed by atoms with Gasteiger partial charge in [0, 0.05) is 18.2 Å². The van der Waals surface area contributed by atoms with Gasteiger partial charge in [-0.05, 0) is 39.8 Å². The summed E-state index contributed by atoms with van der Waals surface area (Å²) in [4.78, 5) is 12.2. The number of halogens is 2. The third-order valence-electron chi connectivity index (χ3n) is 4.98. The van der Waals surface area contributed by atoms with Crippen molar-refractivity contribution in [3.05, 3.63) is 35.0 Å². The molecule has 6 nitrogen and oxygen atoms in total. The van der Waals surface area contributed by atoms with Crippen molar-refractivity contribution in [2.45, 2.75) is 72.3 Å². The van der Waals surface area contributed by atoms with E-state index in [2.05, 4.69) is 15.0 Å². The zero-order valence-corrected chi connectivity index (χ0v) is 19.6. The van der Waals surface area contributed by atoms with Crippen LogP contribution in [-0.4, -0.2) is 31.2 Å². The summed E-state index contributed by atoms with van der Waals surface area (Å²) in [5.74, 6) is 0.436. The molecule has 0 bridgehead atoms. The highest BCUT2D eigenvalue weighted by Crippen LogP contribution is 2.31. The summed E-state index contributed by atoms with van der Waals surface area (Å²) >= 11 is 6.12. The van der Waals surface area contributed by atoms with Crippen molar-refractivity contribution in [1.29, 1.82) is 0 Å². The van der Waals surface area contributed by atoms with Crippen molar-refractivity contribution in [1.82, 2.24) is 19.5 Å². The van der Waals surface area contributed by atoms with Gasteiger partial charge in [-0.3, -0.25) is 0 Å². The van der Waals surface area contributed by atoms with Gasteiger partial charge in [0.25, 0.3) is 0 Å². The third kappa shape index (κ3) is 6.61. The number of aryl methyl sites for hydroxylation is 1. The SMILES string of the molecule is C1CCCCC1.CCO.Cc1nc2c(F)cc(-c3nc(N)ncc3Cl)cc2n1C(C)C. The second-order valence-electron chi connectivity index (χ2n) is 7.81. The first-order valence-corrected chi connectivity index (χ1v) is 11.2. The summed E-state index contributed by atoms with van der Waals surface area (Å²) in [5.41, 5.74) is 7.60. The van der Waals surface area contributed by atoms with Crippen LogP contribution in [0.1, 0.15) is 71.2 Å². The average Bonchev–Trinajstić information content (AvgIpc) is 3.09. The van der Waals surface area contributed by atoms with E-state index < -0.39 is 5.82 Å². The molecule has 0 amide bonds. The van der Waals surface area contributed by atoms with Gasteiger partial charge in [0.05, 0.1) is 22.4 Å². The van der Waals surface area contributed by atoms with E-state index in [1.807, 2.05) is 31.4 Å². The number of hydrogen-bond acceptors (Lipinski definition) is 5. The summed E-state index contributed by atoms with van der Waals surface area (Å²) in [6.07, 6.45) is 10.4. The second kappa shape index (κ2) is 12.0. The second-order valence-corrected chi connectivity index (χ2v) is 8.22. The first kappa shape index (κ1) is 25.0. The molecular formula is C23H33ClFN5O. The van der Waals surface area contributed by atoms with Crippen LogP contribution in [0.25, 0.3) is 22.3 Å². The molecular weight excluding hydrogens is 417 g/mol. The molecule has 0 saturated heterocycles. The maximum atomic E-state index is 14.4. The van der Waals surface area contributed by atoms with Crippen molar-refractivity contribution in [3.63, 3.8) is 0 Å². The molecule has 1 aliphatic carbocycles. The molecule has 2 aromatic heterocycles. The smallest absolute Gasteiger partial charge is 0.220 e. The van der Waals surface area contributed by atoms with Crippen LogP contribution in [0.5, 0.6) is 0 Å². The lowest BCUT2D eigenvalue weighted by Crippen LogP contribution is -2.03. The standard InChI is InChI=1S/C15H15ClFN5.C6H12.C2H6O/c1-7(2)22-8(3)20-14-11(17)4-9(5-12(14)22)13-10(16)6-19-15(18)21-13;1-2-4-6-5-3-1;1-2-3/h4-7H,1-3H3,(H2,18,19,21);1-6H2;3H,2H2,1H3. The fourth-order valence-electron chi connectivity index (χ4n) is 3.70. The van der Waals surface area contributed by atoms with Gasteiger partial charge in [-0.2, -0.15) is 0 Å². The highest BCUT2D eigenvalue weighted by molar-refractivity contribution is 6.33. The molecule has 2 heterocycles. The van der Waals surface area contributed by atoms with Gasteiger partial charge in [0.15, 0.2) is 5.82 Å². The van der Waals surface area contributed by atoms with E-state index in [0.717, 1.165) is 5.82 Å². The number of imidazole rings is 1. The van der Waals surface area contributed by atoms with Gasteiger partial charge < -0.3 is 15.4 Å². The van der Waals surface area contributed by atoms with Crippen molar-refractivity contribution in [3.8, 4) is 11.3 Å². The minimum atomic E-state index is -0.414. The highest BCUT2D eigenvalue weighted by Gasteiger charge is 2.17. The largest absolute Gasteiger partial charge is 0.397 e. The molecule has 1 saturated carbocycles. The van der Waals surface area contributed by atoms with Crippen LogP contribution >= 0.6 is 11.6 Å². The Labute approximate surface area is 188 Å². The first-order valence-electron chi connectivity index (χ1n) is 10.9. The zero-order chi connectivity index (χ0) is 23.0. The molecule has 4 rings (SSSR count). The van der Waals surface area contributed by atoms with Crippen LogP contribution < -0.4 is 5.73 Å². The summed E-state index contributed by atoms with van der Waals surface area (Å²) in [6.45, 7) is 7.83. The van der Waals surface area contributed by atoms with Gasteiger partial charge in [-0.15, -0.1) is 0 Å². The van der Waals surface area contributed by atoms with Crippen LogP contribution in [0, 0.1) is 12.7 Å². The highest BCUT2D eigenvalue weighted by atomic mass is 35.5. The van der Waals surface area contributed by atoms with Crippen LogP contribution in [0.3, 0.4) is 0 Å². The average molecular weight is 450 g/mol. The molecule has 1 aliphatic rings. The monoisotopic (exact) mass is 449 g/mol. The molecule has 1 fully saturated rings. The Morgan fingerprint density at radius 1 is 1.13 bits per heavy atom. The number of aliphatic hydroxyl groups excluding tert-OH is 1. The van der Waals surface area contributed by atoms with Gasteiger partial charge in [-0.1, -0.05) is 50.1 Å². The van der Waals surface area contributed by atoms with E-state index in [1.165, 1.54) is 50.8 Å². The molecule has 3 aromatic rings. The maximum absolute atomic E-state index is 14.4. The first-order chi connectivity index (χ1) is 14.8. The van der Waals surface area contributed by atoms with E-state index in [-0.39, 0.29) is 18.6 Å². The quantitative estimate of drug-likeness (QED) is 0.493. The van der Waals surface area contributed by atoms with E-state index in [1.54, 1.807) is 6.92 Å². The predicted octanol–water partition coefficient (Wildman–Crippen LogP) is 6.10. The summed E-state index contributed by atoms with van der Waals surface area (Å²) < 4.78 is 16.4. The fourth-order valence-corrected chi connectivity index (χ4v) is 3.90. The Morgan fingerprint density at radius 3 is 2.19 bits per heavy atom. The van der Waals surface area contributed by atoms with Crippen molar-refractivity contribution >= 4 is 28.6 Å². The molecule has 0 atom stereocenters. The number of rotatable bonds is 2. The number of nitrogens with two attached hydrogens (primary N) is 1. The fraction of sp³-hybridized carbons (Fsp3) is 0.522. The van der Waals surface area contributed by atoms with Gasteiger partial charge in [0.1, 0.15) is 11.3 Å². The minimum absolute atomic E-state index is 0.0912. The lowest BCUT2D eigenvalue weighted by atomic mass is 10.0. The van der Waals surface area contributed by atoms with E-state index in [4.69, 9.17) is 22.4 Å². The molecule has 170 valence electrons. The van der Waals surface area contributed by atoms with Crippen LogP contribution in [-0.2, 0) is 0 Å². The van der Waals surface area contributed by atoms with Gasteiger partial charge >= 0.3 is 0 Å². The number of fused-ring (bicyclic) bond motifs is 1. The lowest BCUT2D eigenvalue weighted by Gasteiger charge is -2.12. The van der Waals surface area contributed by atoms with E-state index in [9.17, 15) is 4.39 Å². The van der Waals surface area contributed by atoms with Crippen LogP contribution in [0.2, 0.25) is 5.02 Å². The summed E-state index contributed by atoms with van der Waals surface area (Å²) in [6, 6.07) is 3.35. The summed E-state index contributed by atoms with van der Waals surface area (Å²) in [5, 5.41) is 7.89. The van der Waals surface area contributed by atoms with Crippen LogP contribution in [0.4, 0.5) is 10.3 Å². The molecule has 0 aliphatic heterocycles. The number of nitrogen functional groups attached to an aromatic ring is 1. The molecule has 3 N–H and O–H groups in total. The molecule has 8 heteroatoms. The zero-order valence-electron chi connectivity index (χ0n) is 18.8. The van der Waals surface area contributed by atoms with Crippen molar-refractivity contribution in [2.75, 3.05) is 12.3 Å². The minimum Gasteiger partial charge on any atom is -0.397 e. The van der Waals surface area contributed by atoms with Crippen molar-refractivity contribution < 1.29 is 9.50 Å². The number of aliphatic hydroxyl groups is 1.